The second kappa shape index (κ2) is 9.79. The van der Waals surface area contributed by atoms with Crippen molar-refractivity contribution >= 4 is 17.5 Å². The van der Waals surface area contributed by atoms with Gasteiger partial charge in [0.25, 0.3) is 0 Å². The molecule has 2 aliphatic rings. The molecule has 0 saturated carbocycles. The summed E-state index contributed by atoms with van der Waals surface area (Å²) >= 11 is 0. The lowest BCUT2D eigenvalue weighted by Crippen LogP contribution is -2.52. The molecule has 7 nitrogen and oxygen atoms in total. The Kier molecular flexibility index (Phi) is 6.43. The Morgan fingerprint density at radius 3 is 2.41 bits per heavy atom. The molecule has 2 aromatic heterocycles. The third-order valence-corrected chi connectivity index (χ3v) is 7.11. The van der Waals surface area contributed by atoms with Crippen LogP contribution in [0.5, 0.6) is 0 Å². The number of rotatable bonds is 4. The van der Waals surface area contributed by atoms with E-state index in [1.807, 2.05) is 41.4 Å². The standard InChI is InChI=1S/C27H32N6O/c1-20-8-9-22(18-21(20)2)24-10-11-26(30-29-24)33-13-5-6-23(19-33)27(34)32-16-14-31(15-17-32)25-7-3-4-12-28-25/h3-4,7-12,18,23H,5-6,13-17,19H2,1-2H3. The van der Waals surface area contributed by atoms with E-state index in [9.17, 15) is 4.79 Å². The maximum atomic E-state index is 13.3. The molecule has 1 amide bonds. The summed E-state index contributed by atoms with van der Waals surface area (Å²) in [6.07, 6.45) is 3.75. The van der Waals surface area contributed by atoms with Gasteiger partial charge < -0.3 is 14.7 Å². The summed E-state index contributed by atoms with van der Waals surface area (Å²) in [7, 11) is 0. The molecule has 0 spiro atoms. The van der Waals surface area contributed by atoms with Crippen LogP contribution >= 0.6 is 0 Å². The highest BCUT2D eigenvalue weighted by atomic mass is 16.2. The van der Waals surface area contributed by atoms with Crippen LogP contribution in [0.2, 0.25) is 0 Å². The molecule has 2 fully saturated rings. The van der Waals surface area contributed by atoms with E-state index in [1.165, 1.54) is 11.1 Å². The number of nitrogens with zero attached hydrogens (tertiary/aromatic N) is 6. The van der Waals surface area contributed by atoms with E-state index in [0.717, 1.165) is 68.5 Å². The van der Waals surface area contributed by atoms with Crippen LogP contribution in [-0.2, 0) is 4.79 Å². The van der Waals surface area contributed by atoms with Crippen molar-refractivity contribution < 1.29 is 4.79 Å². The summed E-state index contributed by atoms with van der Waals surface area (Å²) < 4.78 is 0. The molecule has 3 aromatic rings. The Bertz CT molecular complexity index is 1130. The highest BCUT2D eigenvalue weighted by molar-refractivity contribution is 5.80. The van der Waals surface area contributed by atoms with Crippen LogP contribution in [0.4, 0.5) is 11.6 Å². The first-order valence-corrected chi connectivity index (χ1v) is 12.2. The van der Waals surface area contributed by atoms with Gasteiger partial charge in [0.15, 0.2) is 5.82 Å². The summed E-state index contributed by atoms with van der Waals surface area (Å²) in [5.41, 5.74) is 4.48. The Hall–Kier alpha value is -3.48. The number of amides is 1. The van der Waals surface area contributed by atoms with Crippen molar-refractivity contribution in [1.29, 1.82) is 0 Å². The number of piperazine rings is 1. The highest BCUT2D eigenvalue weighted by Crippen LogP contribution is 2.26. The molecule has 176 valence electrons. The molecule has 1 atom stereocenters. The van der Waals surface area contributed by atoms with Crippen LogP contribution in [0.1, 0.15) is 24.0 Å². The fraction of sp³-hybridized carbons (Fsp3) is 0.407. The molecule has 0 aliphatic carbocycles. The highest BCUT2D eigenvalue weighted by Gasteiger charge is 2.31. The van der Waals surface area contributed by atoms with Gasteiger partial charge in [-0.2, -0.15) is 0 Å². The van der Waals surface area contributed by atoms with E-state index < -0.39 is 0 Å². The minimum atomic E-state index is 0.0105. The van der Waals surface area contributed by atoms with Gasteiger partial charge in [-0.3, -0.25) is 4.79 Å². The van der Waals surface area contributed by atoms with Crippen molar-refractivity contribution in [2.45, 2.75) is 26.7 Å². The summed E-state index contributed by atoms with van der Waals surface area (Å²) in [6, 6.07) is 16.4. The van der Waals surface area contributed by atoms with Gasteiger partial charge in [0.05, 0.1) is 11.6 Å². The Labute approximate surface area is 201 Å². The normalized spacial score (nSPS) is 18.8. The first-order chi connectivity index (χ1) is 16.6. The van der Waals surface area contributed by atoms with E-state index in [4.69, 9.17) is 0 Å². The Morgan fingerprint density at radius 1 is 0.853 bits per heavy atom. The third-order valence-electron chi connectivity index (χ3n) is 7.11. The summed E-state index contributed by atoms with van der Waals surface area (Å²) in [5, 5.41) is 9.01. The van der Waals surface area contributed by atoms with Crippen molar-refractivity contribution in [3.05, 3.63) is 65.9 Å². The van der Waals surface area contributed by atoms with Crippen molar-refractivity contribution in [3.8, 4) is 11.3 Å². The lowest BCUT2D eigenvalue weighted by atomic mass is 9.96. The molecular formula is C27H32N6O. The number of pyridine rings is 1. The average molecular weight is 457 g/mol. The molecular weight excluding hydrogens is 424 g/mol. The summed E-state index contributed by atoms with van der Waals surface area (Å²) in [6.45, 7) is 8.99. The molecule has 4 heterocycles. The third kappa shape index (κ3) is 4.74. The van der Waals surface area contributed by atoms with Crippen LogP contribution in [0.25, 0.3) is 11.3 Å². The second-order valence-corrected chi connectivity index (χ2v) is 9.36. The van der Waals surface area contributed by atoms with Crippen molar-refractivity contribution in [2.75, 3.05) is 49.1 Å². The Balaban J connectivity index is 1.20. The monoisotopic (exact) mass is 456 g/mol. The molecule has 0 bridgehead atoms. The van der Waals surface area contributed by atoms with Crippen LogP contribution < -0.4 is 9.80 Å². The molecule has 34 heavy (non-hydrogen) atoms. The molecule has 7 heteroatoms. The number of piperidine rings is 1. The van der Waals surface area contributed by atoms with Crippen LogP contribution in [0.15, 0.2) is 54.7 Å². The number of carbonyl (C=O) groups is 1. The van der Waals surface area contributed by atoms with Gasteiger partial charge in [0.2, 0.25) is 5.91 Å². The van der Waals surface area contributed by atoms with Gasteiger partial charge in [-0.15, -0.1) is 10.2 Å². The van der Waals surface area contributed by atoms with Gasteiger partial charge in [-0.05, 0) is 68.1 Å². The maximum absolute atomic E-state index is 13.3. The lowest BCUT2D eigenvalue weighted by Gasteiger charge is -2.39. The average Bonchev–Trinajstić information content (AvgIpc) is 2.90. The van der Waals surface area contributed by atoms with Crippen molar-refractivity contribution in [2.24, 2.45) is 5.92 Å². The molecule has 2 aliphatic heterocycles. The Morgan fingerprint density at radius 2 is 1.71 bits per heavy atom. The SMILES string of the molecule is Cc1ccc(-c2ccc(N3CCCC(C(=O)N4CCN(c5ccccn5)CC4)C3)nn2)cc1C. The van der Waals surface area contributed by atoms with Crippen molar-refractivity contribution in [1.82, 2.24) is 20.1 Å². The summed E-state index contributed by atoms with van der Waals surface area (Å²) in [5.74, 6) is 2.12. The number of hydrogen-bond donors (Lipinski definition) is 0. The predicted molar refractivity (Wildman–Crippen MR) is 135 cm³/mol. The first-order valence-electron chi connectivity index (χ1n) is 12.2. The molecule has 0 N–H and O–H groups in total. The first kappa shape index (κ1) is 22.3. The maximum Gasteiger partial charge on any atom is 0.227 e. The number of anilines is 2. The van der Waals surface area contributed by atoms with Gasteiger partial charge in [-0.1, -0.05) is 18.2 Å². The van der Waals surface area contributed by atoms with Crippen LogP contribution in [-0.4, -0.2) is 65.3 Å². The fourth-order valence-electron chi connectivity index (χ4n) is 4.89. The number of benzene rings is 1. The van der Waals surface area contributed by atoms with Gasteiger partial charge in [0.1, 0.15) is 5.82 Å². The zero-order chi connectivity index (χ0) is 23.5. The number of carbonyl (C=O) groups excluding carboxylic acids is 1. The lowest BCUT2D eigenvalue weighted by molar-refractivity contribution is -0.136. The number of aromatic nitrogens is 3. The van der Waals surface area contributed by atoms with E-state index in [-0.39, 0.29) is 11.8 Å². The largest absolute Gasteiger partial charge is 0.354 e. The molecule has 5 rings (SSSR count). The number of aryl methyl sites for hydroxylation is 2. The van der Waals surface area contributed by atoms with Gasteiger partial charge >= 0.3 is 0 Å². The van der Waals surface area contributed by atoms with Crippen LogP contribution in [0, 0.1) is 19.8 Å². The summed E-state index contributed by atoms with van der Waals surface area (Å²) in [4.78, 5) is 24.2. The fourth-order valence-corrected chi connectivity index (χ4v) is 4.89. The van der Waals surface area contributed by atoms with Crippen LogP contribution in [0.3, 0.4) is 0 Å². The van der Waals surface area contributed by atoms with E-state index in [1.54, 1.807) is 0 Å². The van der Waals surface area contributed by atoms with E-state index in [0.29, 0.717) is 6.54 Å². The van der Waals surface area contributed by atoms with Gasteiger partial charge in [-0.25, -0.2) is 4.98 Å². The van der Waals surface area contributed by atoms with Crippen molar-refractivity contribution in [3.63, 3.8) is 0 Å². The smallest absolute Gasteiger partial charge is 0.227 e. The molecule has 2 saturated heterocycles. The zero-order valence-corrected chi connectivity index (χ0v) is 20.0. The minimum Gasteiger partial charge on any atom is -0.354 e. The number of hydrogen-bond acceptors (Lipinski definition) is 6. The van der Waals surface area contributed by atoms with E-state index >= 15 is 0 Å². The predicted octanol–water partition coefficient (Wildman–Crippen LogP) is 3.72. The zero-order valence-electron chi connectivity index (χ0n) is 20.0. The molecule has 0 radical (unpaired) electrons. The topological polar surface area (TPSA) is 65.5 Å². The van der Waals surface area contributed by atoms with Gasteiger partial charge in [0, 0.05) is 51.0 Å². The van der Waals surface area contributed by atoms with E-state index in [2.05, 4.69) is 57.0 Å². The molecule has 1 unspecified atom stereocenters. The second-order valence-electron chi connectivity index (χ2n) is 9.36. The molecule has 1 aromatic carbocycles. The quantitative estimate of drug-likeness (QED) is 0.596. The minimum absolute atomic E-state index is 0.0105.